The van der Waals surface area contributed by atoms with Crippen molar-refractivity contribution in [2.75, 3.05) is 6.54 Å². The second-order valence-corrected chi connectivity index (χ2v) is 5.48. The van der Waals surface area contributed by atoms with Crippen LogP contribution in [-0.2, 0) is 14.3 Å². The lowest BCUT2D eigenvalue weighted by Gasteiger charge is -2.21. The SMILES string of the molecule is CC(=O)CC(=O)OC(C)(/C=C/c1ccc(Cl)cc1)C[N+](=O)[O-]. The maximum absolute atomic E-state index is 11.6. The van der Waals surface area contributed by atoms with Gasteiger partial charge in [-0.25, -0.2) is 0 Å². The molecule has 1 aromatic rings. The Hall–Kier alpha value is -2.21. The molecule has 0 fully saturated rings. The standard InChI is InChI=1S/C15H16ClNO5/c1-11(18)9-14(19)22-15(2,10-17(20)21)8-7-12-3-5-13(16)6-4-12/h3-8H,9-10H2,1-2H3/b8-7+. The van der Waals surface area contributed by atoms with E-state index in [0.29, 0.717) is 5.02 Å². The third-order valence-electron chi connectivity index (χ3n) is 2.68. The maximum atomic E-state index is 11.6. The second kappa shape index (κ2) is 7.70. The minimum Gasteiger partial charge on any atom is -0.448 e. The lowest BCUT2D eigenvalue weighted by atomic mass is 10.0. The Balaban J connectivity index is 2.90. The Labute approximate surface area is 132 Å². The Morgan fingerprint density at radius 3 is 2.45 bits per heavy atom. The first-order valence-electron chi connectivity index (χ1n) is 6.48. The van der Waals surface area contributed by atoms with E-state index in [-0.39, 0.29) is 5.78 Å². The summed E-state index contributed by atoms with van der Waals surface area (Å²) in [5.74, 6) is -1.16. The first kappa shape index (κ1) is 17.8. The van der Waals surface area contributed by atoms with Crippen LogP contribution in [0.1, 0.15) is 25.8 Å². The van der Waals surface area contributed by atoms with Gasteiger partial charge in [-0.2, -0.15) is 0 Å². The van der Waals surface area contributed by atoms with Crippen molar-refractivity contribution in [3.8, 4) is 0 Å². The van der Waals surface area contributed by atoms with Crippen molar-refractivity contribution in [1.29, 1.82) is 0 Å². The average molecular weight is 326 g/mol. The lowest BCUT2D eigenvalue weighted by Crippen LogP contribution is -2.37. The third-order valence-corrected chi connectivity index (χ3v) is 2.93. The number of halogens is 1. The molecule has 0 aliphatic carbocycles. The molecular weight excluding hydrogens is 310 g/mol. The monoisotopic (exact) mass is 325 g/mol. The smallest absolute Gasteiger partial charge is 0.314 e. The Bertz CT molecular complexity index is 596. The molecule has 0 heterocycles. The fourth-order valence-corrected chi connectivity index (χ4v) is 1.85. The van der Waals surface area contributed by atoms with Crippen LogP contribution in [-0.4, -0.2) is 28.8 Å². The number of Topliss-reactive ketones (excluding diaryl/α,β-unsaturated/α-hetero) is 1. The van der Waals surface area contributed by atoms with Gasteiger partial charge in [0, 0.05) is 9.95 Å². The van der Waals surface area contributed by atoms with Crippen LogP contribution in [0.25, 0.3) is 6.08 Å². The van der Waals surface area contributed by atoms with Gasteiger partial charge >= 0.3 is 5.97 Å². The zero-order valence-corrected chi connectivity index (χ0v) is 13.0. The first-order chi connectivity index (χ1) is 10.2. The number of nitrogens with zero attached hydrogens (tertiary/aromatic N) is 1. The molecule has 0 N–H and O–H groups in total. The maximum Gasteiger partial charge on any atom is 0.314 e. The Morgan fingerprint density at radius 2 is 1.95 bits per heavy atom. The van der Waals surface area contributed by atoms with E-state index in [0.717, 1.165) is 5.56 Å². The predicted molar refractivity (Wildman–Crippen MR) is 82.1 cm³/mol. The van der Waals surface area contributed by atoms with Crippen LogP contribution in [0.2, 0.25) is 5.02 Å². The highest BCUT2D eigenvalue weighted by atomic mass is 35.5. The van der Waals surface area contributed by atoms with Crippen LogP contribution in [0.5, 0.6) is 0 Å². The van der Waals surface area contributed by atoms with E-state index in [4.69, 9.17) is 16.3 Å². The van der Waals surface area contributed by atoms with E-state index >= 15 is 0 Å². The molecule has 0 saturated heterocycles. The number of hydrogen-bond donors (Lipinski definition) is 0. The van der Waals surface area contributed by atoms with Gasteiger partial charge in [0.2, 0.25) is 6.54 Å². The molecule has 0 spiro atoms. The summed E-state index contributed by atoms with van der Waals surface area (Å²) in [6, 6.07) is 6.80. The quantitative estimate of drug-likeness (QED) is 0.333. The van der Waals surface area contributed by atoms with Gasteiger partial charge in [0.25, 0.3) is 0 Å². The highest BCUT2D eigenvalue weighted by Crippen LogP contribution is 2.18. The van der Waals surface area contributed by atoms with Crippen molar-refractivity contribution in [3.05, 3.63) is 51.0 Å². The number of nitro groups is 1. The van der Waals surface area contributed by atoms with Crippen LogP contribution < -0.4 is 0 Å². The molecule has 0 radical (unpaired) electrons. The van der Waals surface area contributed by atoms with Gasteiger partial charge in [-0.3, -0.25) is 19.7 Å². The van der Waals surface area contributed by atoms with Crippen molar-refractivity contribution in [2.24, 2.45) is 0 Å². The van der Waals surface area contributed by atoms with Gasteiger partial charge in [-0.15, -0.1) is 0 Å². The highest BCUT2D eigenvalue weighted by molar-refractivity contribution is 6.30. The van der Waals surface area contributed by atoms with E-state index in [1.54, 1.807) is 30.3 Å². The number of ether oxygens (including phenoxy) is 1. The molecule has 1 aromatic carbocycles. The Kier molecular flexibility index (Phi) is 6.24. The molecule has 6 nitrogen and oxygen atoms in total. The van der Waals surface area contributed by atoms with Crippen LogP contribution in [0.3, 0.4) is 0 Å². The van der Waals surface area contributed by atoms with Crippen molar-refractivity contribution in [3.63, 3.8) is 0 Å². The summed E-state index contributed by atoms with van der Waals surface area (Å²) >= 11 is 5.77. The van der Waals surface area contributed by atoms with Crippen molar-refractivity contribution in [2.45, 2.75) is 25.9 Å². The predicted octanol–water partition coefficient (Wildman–Crippen LogP) is 2.91. The zero-order valence-electron chi connectivity index (χ0n) is 12.2. The molecule has 1 rings (SSSR count). The minimum atomic E-state index is -1.43. The van der Waals surface area contributed by atoms with Crippen LogP contribution >= 0.6 is 11.6 Å². The normalized spacial score (nSPS) is 13.6. The molecule has 1 atom stereocenters. The van der Waals surface area contributed by atoms with Crippen LogP contribution in [0.4, 0.5) is 0 Å². The number of hydrogen-bond acceptors (Lipinski definition) is 5. The van der Waals surface area contributed by atoms with Crippen LogP contribution in [0.15, 0.2) is 30.3 Å². The molecule has 0 bridgehead atoms. The second-order valence-electron chi connectivity index (χ2n) is 5.04. The molecule has 118 valence electrons. The van der Waals surface area contributed by atoms with E-state index in [9.17, 15) is 19.7 Å². The number of ketones is 1. The number of esters is 1. The lowest BCUT2D eigenvalue weighted by molar-refractivity contribution is -0.495. The van der Waals surface area contributed by atoms with Gasteiger partial charge in [0.15, 0.2) is 5.60 Å². The van der Waals surface area contributed by atoms with Crippen molar-refractivity contribution in [1.82, 2.24) is 0 Å². The number of benzene rings is 1. The molecule has 0 aliphatic rings. The van der Waals surface area contributed by atoms with E-state index in [1.165, 1.54) is 19.9 Å². The highest BCUT2D eigenvalue weighted by Gasteiger charge is 2.32. The molecule has 0 saturated carbocycles. The summed E-state index contributed by atoms with van der Waals surface area (Å²) in [6.45, 7) is 2.07. The first-order valence-corrected chi connectivity index (χ1v) is 6.86. The Morgan fingerprint density at radius 1 is 1.36 bits per heavy atom. The zero-order chi connectivity index (χ0) is 16.8. The van der Waals surface area contributed by atoms with Gasteiger partial charge in [-0.1, -0.05) is 29.8 Å². The fraction of sp³-hybridized carbons (Fsp3) is 0.333. The average Bonchev–Trinajstić information content (AvgIpc) is 2.35. The van der Waals surface area contributed by atoms with Crippen molar-refractivity contribution < 1.29 is 19.2 Å². The molecule has 0 aromatic heterocycles. The minimum absolute atomic E-state index is 0.366. The third kappa shape index (κ3) is 6.49. The number of rotatable bonds is 7. The molecule has 22 heavy (non-hydrogen) atoms. The van der Waals surface area contributed by atoms with Gasteiger partial charge < -0.3 is 4.74 Å². The van der Waals surface area contributed by atoms with Gasteiger partial charge in [0.1, 0.15) is 12.2 Å². The summed E-state index contributed by atoms with van der Waals surface area (Å²) in [7, 11) is 0. The summed E-state index contributed by atoms with van der Waals surface area (Å²) in [5.41, 5.74) is -0.683. The van der Waals surface area contributed by atoms with Gasteiger partial charge in [-0.05, 0) is 37.6 Å². The van der Waals surface area contributed by atoms with E-state index < -0.39 is 29.5 Å². The summed E-state index contributed by atoms with van der Waals surface area (Å²) in [4.78, 5) is 32.7. The van der Waals surface area contributed by atoms with Crippen molar-refractivity contribution >= 4 is 29.4 Å². The summed E-state index contributed by atoms with van der Waals surface area (Å²) < 4.78 is 5.09. The van der Waals surface area contributed by atoms with Crippen LogP contribution in [0, 0.1) is 10.1 Å². The molecule has 0 amide bonds. The number of carbonyl (C=O) groups excluding carboxylic acids is 2. The van der Waals surface area contributed by atoms with E-state index in [1.807, 2.05) is 0 Å². The summed E-state index contributed by atoms with van der Waals surface area (Å²) in [6.07, 6.45) is 2.61. The summed E-state index contributed by atoms with van der Waals surface area (Å²) in [5, 5.41) is 11.3. The number of carbonyl (C=O) groups is 2. The fourth-order valence-electron chi connectivity index (χ4n) is 1.72. The molecule has 1 unspecified atom stereocenters. The molecular formula is C15H16ClNO5. The van der Waals surface area contributed by atoms with E-state index in [2.05, 4.69) is 0 Å². The van der Waals surface area contributed by atoms with Gasteiger partial charge in [0.05, 0.1) is 0 Å². The molecule has 7 heteroatoms. The largest absolute Gasteiger partial charge is 0.448 e. The topological polar surface area (TPSA) is 86.5 Å². The molecule has 0 aliphatic heterocycles.